The zero-order valence-electron chi connectivity index (χ0n) is 28.1. The second-order valence-electron chi connectivity index (χ2n) is 10.4. The van der Waals surface area contributed by atoms with Gasteiger partial charge in [0, 0.05) is 39.3 Å². The third kappa shape index (κ3) is 23.3. The Hall–Kier alpha value is -3.86. The number of hydrogen-bond acceptors (Lipinski definition) is 6. The number of benzene rings is 4. The van der Waals surface area contributed by atoms with E-state index in [2.05, 4.69) is 21.3 Å². The molecule has 6 rings (SSSR count). The topological polar surface area (TPSA) is 143 Å². The van der Waals surface area contributed by atoms with Crippen molar-refractivity contribution in [1.29, 1.82) is 0 Å². The summed E-state index contributed by atoms with van der Waals surface area (Å²) in [5.41, 5.74) is 2.17. The van der Waals surface area contributed by atoms with Gasteiger partial charge in [-0.3, -0.25) is 0 Å². The molecule has 2 aliphatic heterocycles. The first-order valence-corrected chi connectivity index (χ1v) is 22.5. The van der Waals surface area contributed by atoms with E-state index in [1.807, 2.05) is 24.3 Å². The van der Waals surface area contributed by atoms with Crippen molar-refractivity contribution >= 4 is 63.4 Å². The Morgan fingerprint density at radius 3 is 0.784 bits per heavy atom. The summed E-state index contributed by atoms with van der Waals surface area (Å²) in [4.78, 5) is 46.3. The van der Waals surface area contributed by atoms with E-state index in [-0.39, 0.29) is 12.8 Å². The molecular formula is C38H40Cl2N4O6Zr-4. The molecule has 2 heterocycles. The van der Waals surface area contributed by atoms with Gasteiger partial charge in [-0.25, -0.2) is 0 Å². The van der Waals surface area contributed by atoms with Crippen LogP contribution < -0.4 is 0 Å². The van der Waals surface area contributed by atoms with Crippen LogP contribution in [0.2, 0.25) is 0 Å². The minimum atomic E-state index is -0.826. The van der Waals surface area contributed by atoms with E-state index in [0.29, 0.717) is 22.7 Å². The Labute approximate surface area is 318 Å². The summed E-state index contributed by atoms with van der Waals surface area (Å²) in [5, 5.41) is 15.3. The normalized spacial score (nSPS) is 12.2. The van der Waals surface area contributed by atoms with Gasteiger partial charge in [-0.05, 0) is 25.7 Å². The van der Waals surface area contributed by atoms with Crippen LogP contribution in [0.1, 0.15) is 38.5 Å². The van der Waals surface area contributed by atoms with E-state index in [1.165, 1.54) is 25.7 Å². The first-order chi connectivity index (χ1) is 24.9. The number of rotatable bonds is 8. The number of amides is 4. The van der Waals surface area contributed by atoms with Gasteiger partial charge in [0.05, 0.1) is 23.6 Å². The van der Waals surface area contributed by atoms with Crippen LogP contribution in [0.15, 0.2) is 121 Å². The monoisotopic (exact) mass is 808 g/mol. The Morgan fingerprint density at radius 2 is 0.627 bits per heavy atom. The molecule has 0 saturated carbocycles. The van der Waals surface area contributed by atoms with Crippen LogP contribution in [0, 0.1) is 0 Å². The molecule has 0 radical (unpaired) electrons. The summed E-state index contributed by atoms with van der Waals surface area (Å²) in [5.74, 6) is -1.96. The molecule has 0 bridgehead atoms. The number of para-hydroxylation sites is 4. The van der Waals surface area contributed by atoms with Crippen molar-refractivity contribution in [2.45, 2.75) is 38.5 Å². The second kappa shape index (κ2) is 28.8. The van der Waals surface area contributed by atoms with Crippen LogP contribution in [-0.2, 0) is 49.5 Å². The molecule has 0 aromatic heterocycles. The molecule has 0 spiro atoms. The van der Waals surface area contributed by atoms with Gasteiger partial charge in [0.15, 0.2) is 0 Å². The average Bonchev–Trinajstić information content (AvgIpc) is 3.91. The molecule has 2 fully saturated rings. The van der Waals surface area contributed by atoms with Crippen molar-refractivity contribution in [3.63, 3.8) is 0 Å². The Balaban J connectivity index is 0.000000262. The molecule has 2 aliphatic rings. The van der Waals surface area contributed by atoms with Crippen LogP contribution in [0.4, 0.5) is 22.7 Å². The molecule has 2 saturated heterocycles. The van der Waals surface area contributed by atoms with Crippen molar-refractivity contribution in [3.8, 4) is 0 Å². The molecule has 10 nitrogen and oxygen atoms in total. The molecule has 4 aromatic rings. The summed E-state index contributed by atoms with van der Waals surface area (Å²) < 4.78 is 9.89. The fraction of sp³-hybridized carbons (Fsp3) is 0.263. The van der Waals surface area contributed by atoms with Gasteiger partial charge in [0.1, 0.15) is 0 Å². The third-order valence-corrected chi connectivity index (χ3v) is 6.30. The van der Waals surface area contributed by atoms with E-state index in [9.17, 15) is 19.2 Å². The van der Waals surface area contributed by atoms with Gasteiger partial charge in [0.25, 0.3) is 0 Å². The number of ether oxygens (including phenoxy) is 2. The molecule has 0 aliphatic carbocycles. The first-order valence-electron chi connectivity index (χ1n) is 16.2. The second-order valence-corrected chi connectivity index (χ2v) is 14.2. The number of carbonyl (C=O) groups excluding carboxylic acids is 4. The summed E-state index contributed by atoms with van der Waals surface area (Å²) >= 11 is -0.826. The molecule has 4 amide bonds. The SMILES string of the molecule is C1CCOC1.C1CCOC1.O=C(CC(=O)[N-]c1ccccc1)[N-]c1ccccc1.O=C(CC(=O)[N-]c1ccccc1)[N-]c1ccccc1.[Cl][Zr][Cl]. The average molecular weight is 811 g/mol. The number of nitrogens with zero attached hydrogens (tertiary/aromatic N) is 4. The van der Waals surface area contributed by atoms with Crippen molar-refractivity contribution in [1.82, 2.24) is 0 Å². The molecule has 0 N–H and O–H groups in total. The van der Waals surface area contributed by atoms with Gasteiger partial charge in [0.2, 0.25) is 0 Å². The van der Waals surface area contributed by atoms with Gasteiger partial charge in [-0.2, -0.15) is 0 Å². The molecule has 0 unspecified atom stereocenters. The quantitative estimate of drug-likeness (QED) is 0.162. The standard InChI is InChI=1S/2C15H14N2O2.2C4H8O.2ClH.Zr/c2*18-14(16-12-7-3-1-4-8-12)11-15(19)17-13-9-5-2-6-10-13;2*1-2-4-5-3-1;;;/h2*1-10H,11H2,(H2,16,17,18,19);2*1-4H2;2*1H;/q;;;;;;+2/p-6. The van der Waals surface area contributed by atoms with Crippen LogP contribution >= 0.6 is 17.0 Å². The molecular weight excluding hydrogens is 771 g/mol. The number of halogens is 2. The fourth-order valence-corrected chi connectivity index (χ4v) is 4.02. The molecule has 51 heavy (non-hydrogen) atoms. The maximum absolute atomic E-state index is 11.6. The van der Waals surface area contributed by atoms with E-state index in [0.717, 1.165) is 26.4 Å². The molecule has 13 heteroatoms. The van der Waals surface area contributed by atoms with Gasteiger partial charge < -0.3 is 49.9 Å². The van der Waals surface area contributed by atoms with Gasteiger partial charge in [-0.1, -0.05) is 121 Å². The van der Waals surface area contributed by atoms with Gasteiger partial charge in [-0.15, -0.1) is 22.7 Å². The van der Waals surface area contributed by atoms with Crippen LogP contribution in [0.3, 0.4) is 0 Å². The fourth-order valence-electron chi connectivity index (χ4n) is 4.02. The van der Waals surface area contributed by atoms with E-state index in [1.54, 1.807) is 97.1 Å². The number of carbonyl (C=O) groups is 4. The zero-order chi connectivity index (χ0) is 36.8. The molecule has 0 atom stereocenters. The predicted octanol–water partition coefficient (Wildman–Crippen LogP) is 10.7. The van der Waals surface area contributed by atoms with Crippen molar-refractivity contribution in [2.24, 2.45) is 0 Å². The number of hydrogen-bond donors (Lipinski definition) is 0. The Morgan fingerprint density at radius 1 is 0.431 bits per heavy atom. The van der Waals surface area contributed by atoms with E-state index in [4.69, 9.17) is 26.5 Å². The molecule has 270 valence electrons. The van der Waals surface area contributed by atoms with Gasteiger partial charge >= 0.3 is 37.9 Å². The Bertz CT molecular complexity index is 1280. The van der Waals surface area contributed by atoms with Crippen LogP contribution in [-0.4, -0.2) is 50.1 Å². The van der Waals surface area contributed by atoms with Crippen molar-refractivity contribution < 1.29 is 49.5 Å². The zero-order valence-corrected chi connectivity index (χ0v) is 32.1. The van der Waals surface area contributed by atoms with Crippen LogP contribution in [0.25, 0.3) is 21.3 Å². The van der Waals surface area contributed by atoms with E-state index >= 15 is 0 Å². The van der Waals surface area contributed by atoms with E-state index < -0.39 is 44.5 Å². The minimum absolute atomic E-state index is 0.316. The third-order valence-electron chi connectivity index (χ3n) is 6.30. The van der Waals surface area contributed by atoms with Crippen molar-refractivity contribution in [2.75, 3.05) is 26.4 Å². The summed E-state index contributed by atoms with van der Waals surface area (Å²) in [6.07, 6.45) is 4.48. The Kier molecular flexibility index (Phi) is 24.5. The summed E-state index contributed by atoms with van der Waals surface area (Å²) in [6, 6.07) is 35.2. The molecule has 4 aromatic carbocycles. The predicted molar refractivity (Wildman–Crippen MR) is 199 cm³/mol. The maximum atomic E-state index is 11.6. The summed E-state index contributed by atoms with van der Waals surface area (Å²) in [7, 11) is 9.87. The van der Waals surface area contributed by atoms with Crippen LogP contribution in [0.5, 0.6) is 0 Å². The summed E-state index contributed by atoms with van der Waals surface area (Å²) in [6.45, 7) is 4.00. The van der Waals surface area contributed by atoms with Crippen molar-refractivity contribution in [3.05, 3.63) is 143 Å². The first kappa shape index (κ1) is 43.3.